The average molecular weight is 277 g/mol. The van der Waals surface area contributed by atoms with Crippen LogP contribution < -0.4 is 29.6 Å². The Morgan fingerprint density at radius 3 is 1.00 bits per heavy atom. The van der Waals surface area contributed by atoms with Crippen molar-refractivity contribution in [3.63, 3.8) is 0 Å². The van der Waals surface area contributed by atoms with Crippen LogP contribution in [0.2, 0.25) is 0 Å². The van der Waals surface area contributed by atoms with Gasteiger partial charge in [0.2, 0.25) is 0 Å². The van der Waals surface area contributed by atoms with Crippen molar-refractivity contribution in [2.45, 2.75) is 0 Å². The van der Waals surface area contributed by atoms with E-state index in [1.807, 2.05) is 0 Å². The third-order valence-electron chi connectivity index (χ3n) is 0. The predicted octanol–water partition coefficient (Wildman–Crippen LogP) is -5.49. The van der Waals surface area contributed by atoms with Gasteiger partial charge in [-0.15, -0.1) is 0 Å². The van der Waals surface area contributed by atoms with E-state index in [2.05, 4.69) is 0 Å². The van der Waals surface area contributed by atoms with Crippen molar-refractivity contribution in [2.24, 2.45) is 0 Å². The fourth-order valence-electron chi connectivity index (χ4n) is 0. The zero-order valence-electron chi connectivity index (χ0n) is 4.64. The molecular formula is H5GdNaO4Si. The summed E-state index contributed by atoms with van der Waals surface area (Å²) in [7, 11) is -4.61. The molecule has 0 aromatic carbocycles. The molecule has 42 valence electrons. The number of hydrogen-bond acceptors (Lipinski definition) is 4. The molecule has 0 amide bonds. The molecule has 0 aliphatic rings. The zero-order chi connectivity index (χ0) is 4.50. The molecule has 0 aromatic rings. The smallest absolute Gasteiger partial charge is 1.00 e. The molecule has 0 atom stereocenters. The van der Waals surface area contributed by atoms with Crippen molar-refractivity contribution in [2.75, 3.05) is 0 Å². The van der Waals surface area contributed by atoms with Gasteiger partial charge < -0.3 is 20.6 Å². The van der Waals surface area contributed by atoms with Gasteiger partial charge in [0, 0.05) is 39.9 Å². The summed E-state index contributed by atoms with van der Waals surface area (Å²) >= 11 is 0. The first-order chi connectivity index (χ1) is 2.00. The SMILES string of the molecule is O[Si](O)(O)O.[Gd].[H-].[Na+]. The zero-order valence-corrected chi connectivity index (χ0v) is 8.91. The van der Waals surface area contributed by atoms with Crippen LogP contribution in [0, 0.1) is 39.9 Å². The van der Waals surface area contributed by atoms with Gasteiger partial charge in [-0.1, -0.05) is 0 Å². The van der Waals surface area contributed by atoms with Crippen LogP contribution in [0.25, 0.3) is 0 Å². The Kier molecular flexibility index (Phi) is 15.0. The Bertz CT molecular complexity index is 31.5. The molecule has 7 heavy (non-hydrogen) atoms. The van der Waals surface area contributed by atoms with Gasteiger partial charge in [0.15, 0.2) is 0 Å². The van der Waals surface area contributed by atoms with Crippen LogP contribution in [0.3, 0.4) is 0 Å². The molecule has 0 aliphatic carbocycles. The third kappa shape index (κ3) is 60.2. The normalized spacial score (nSPS) is 8.57. The van der Waals surface area contributed by atoms with Gasteiger partial charge >= 0.3 is 38.6 Å². The first kappa shape index (κ1) is 16.2. The molecule has 0 saturated carbocycles. The summed E-state index contributed by atoms with van der Waals surface area (Å²) in [6.07, 6.45) is 0. The molecule has 0 aromatic heterocycles. The van der Waals surface area contributed by atoms with E-state index < -0.39 is 9.05 Å². The van der Waals surface area contributed by atoms with Crippen molar-refractivity contribution in [1.29, 1.82) is 0 Å². The van der Waals surface area contributed by atoms with E-state index in [-0.39, 0.29) is 70.9 Å². The minimum absolute atomic E-state index is 0. The first-order valence-electron chi connectivity index (χ1n) is 0.894. The Balaban J connectivity index is -0.0000000267. The molecule has 0 fully saturated rings. The van der Waals surface area contributed by atoms with Crippen LogP contribution in [-0.4, -0.2) is 28.2 Å². The third-order valence-corrected chi connectivity index (χ3v) is 0. The van der Waals surface area contributed by atoms with Crippen LogP contribution in [-0.2, 0) is 0 Å². The summed E-state index contributed by atoms with van der Waals surface area (Å²) in [6.45, 7) is 0. The summed E-state index contributed by atoms with van der Waals surface area (Å²) < 4.78 is 0. The molecule has 0 spiro atoms. The number of rotatable bonds is 0. The van der Waals surface area contributed by atoms with Crippen molar-refractivity contribution in [3.8, 4) is 0 Å². The van der Waals surface area contributed by atoms with E-state index >= 15 is 0 Å². The molecule has 0 rings (SSSR count). The summed E-state index contributed by atoms with van der Waals surface area (Å²) in [6, 6.07) is 0. The van der Waals surface area contributed by atoms with Crippen molar-refractivity contribution in [3.05, 3.63) is 0 Å². The molecule has 0 saturated heterocycles. The van der Waals surface area contributed by atoms with Gasteiger partial charge in [-0.2, -0.15) is 0 Å². The second-order valence-corrected chi connectivity index (χ2v) is 1.80. The van der Waals surface area contributed by atoms with E-state index in [0.29, 0.717) is 0 Å². The fourth-order valence-corrected chi connectivity index (χ4v) is 0. The molecule has 0 bridgehead atoms. The molecule has 4 N–H and O–H groups in total. The molecule has 7 heteroatoms. The summed E-state index contributed by atoms with van der Waals surface area (Å²) in [5.41, 5.74) is 0. The first-order valence-corrected chi connectivity index (χ1v) is 2.68. The topological polar surface area (TPSA) is 80.9 Å². The summed E-state index contributed by atoms with van der Waals surface area (Å²) in [5, 5.41) is 0. The van der Waals surface area contributed by atoms with Crippen LogP contribution >= 0.6 is 0 Å². The number of hydrogen-bond donors (Lipinski definition) is 4. The van der Waals surface area contributed by atoms with Gasteiger partial charge in [0.1, 0.15) is 0 Å². The molecule has 4 nitrogen and oxygen atoms in total. The Hall–Kier alpha value is 2.38. The van der Waals surface area contributed by atoms with Gasteiger partial charge in [0.05, 0.1) is 0 Å². The minimum Gasteiger partial charge on any atom is -1.00 e. The second-order valence-electron chi connectivity index (χ2n) is 0.600. The maximum atomic E-state index is 7.33. The molecule has 0 aliphatic heterocycles. The summed E-state index contributed by atoms with van der Waals surface area (Å²) in [4.78, 5) is 29.3. The maximum Gasteiger partial charge on any atom is 1.00 e. The predicted molar refractivity (Wildman–Crippen MR) is 15.7 cm³/mol. The van der Waals surface area contributed by atoms with Gasteiger partial charge in [-0.25, -0.2) is 0 Å². The standard InChI is InChI=1S/Gd.Na.H4O4Si.H/c;;1-5(2,3)4;/h;;1-4H;/q;+1;;-1. The van der Waals surface area contributed by atoms with Gasteiger partial charge in [-0.3, -0.25) is 0 Å². The Labute approximate surface area is 97.5 Å². The van der Waals surface area contributed by atoms with Crippen LogP contribution in [0.15, 0.2) is 0 Å². The van der Waals surface area contributed by atoms with E-state index in [9.17, 15) is 0 Å². The largest absolute Gasteiger partial charge is 1.00 e. The van der Waals surface area contributed by atoms with Gasteiger partial charge in [0.25, 0.3) is 0 Å². The van der Waals surface area contributed by atoms with Gasteiger partial charge in [-0.05, 0) is 0 Å². The quantitative estimate of drug-likeness (QED) is 0.333. The molecule has 0 unspecified atom stereocenters. The average Bonchev–Trinajstić information content (AvgIpc) is 0.722. The maximum absolute atomic E-state index is 7.33. The Morgan fingerprint density at radius 1 is 1.00 bits per heavy atom. The molecular weight excluding hydrogens is 272 g/mol. The van der Waals surface area contributed by atoms with E-state index in [4.69, 9.17) is 19.2 Å². The van der Waals surface area contributed by atoms with E-state index in [1.165, 1.54) is 0 Å². The second kappa shape index (κ2) is 6.50. The van der Waals surface area contributed by atoms with Crippen molar-refractivity contribution >= 4 is 9.05 Å². The molecule has 0 radical (unpaired) electrons. The van der Waals surface area contributed by atoms with E-state index in [0.717, 1.165) is 0 Å². The Morgan fingerprint density at radius 2 is 1.00 bits per heavy atom. The molecule has 0 heterocycles. The monoisotopic (exact) mass is 278 g/mol. The van der Waals surface area contributed by atoms with E-state index in [1.54, 1.807) is 0 Å². The van der Waals surface area contributed by atoms with Crippen LogP contribution in [0.5, 0.6) is 0 Å². The van der Waals surface area contributed by atoms with Crippen LogP contribution in [0.4, 0.5) is 0 Å². The minimum atomic E-state index is -4.61. The van der Waals surface area contributed by atoms with Crippen molar-refractivity contribution in [1.82, 2.24) is 0 Å². The van der Waals surface area contributed by atoms with Crippen molar-refractivity contribution < 1.29 is 90.1 Å². The fraction of sp³-hybridized carbons (Fsp3) is 0. The van der Waals surface area contributed by atoms with Crippen LogP contribution in [0.1, 0.15) is 1.43 Å². The summed E-state index contributed by atoms with van der Waals surface area (Å²) in [5.74, 6) is 0.